The van der Waals surface area contributed by atoms with Crippen LogP contribution in [0.5, 0.6) is 0 Å². The molecule has 1 rings (SSSR count). The molecule has 0 aromatic carbocycles. The van der Waals surface area contributed by atoms with Crippen LogP contribution in [0, 0.1) is 0 Å². The molecule has 22 heavy (non-hydrogen) atoms. The highest BCUT2D eigenvalue weighted by Crippen LogP contribution is 2.38. The van der Waals surface area contributed by atoms with Crippen molar-refractivity contribution >= 4 is 33.7 Å². The van der Waals surface area contributed by atoms with Gasteiger partial charge in [-0.3, -0.25) is 9.59 Å². The number of hydrogen-bond donors (Lipinski definition) is 0. The van der Waals surface area contributed by atoms with Gasteiger partial charge in [0.25, 0.3) is 16.9 Å². The fraction of sp³-hybridized carbons (Fsp3) is 0.417. The predicted molar refractivity (Wildman–Crippen MR) is 68.6 cm³/mol. The highest BCUT2D eigenvalue weighted by molar-refractivity contribution is 6.69. The Morgan fingerprint density at radius 2 is 1.64 bits per heavy atom. The van der Waals surface area contributed by atoms with Crippen LogP contribution in [-0.4, -0.2) is 15.5 Å². The minimum Gasteiger partial charge on any atom is -0.276 e. The van der Waals surface area contributed by atoms with Crippen molar-refractivity contribution in [2.45, 2.75) is 32.4 Å². The lowest BCUT2D eigenvalue weighted by molar-refractivity contribution is -0.141. The molecule has 0 aliphatic carbocycles. The maximum absolute atomic E-state index is 13.0. The summed E-state index contributed by atoms with van der Waals surface area (Å²) in [4.78, 5) is 25.4. The first-order valence-corrected chi connectivity index (χ1v) is 6.59. The van der Waals surface area contributed by atoms with Crippen LogP contribution in [0.25, 0.3) is 0 Å². The van der Waals surface area contributed by atoms with E-state index in [-0.39, 0.29) is 12.8 Å². The van der Waals surface area contributed by atoms with Crippen LogP contribution in [0.2, 0.25) is 0 Å². The fourth-order valence-corrected chi connectivity index (χ4v) is 2.36. The Bertz CT molecular complexity index is 617. The molecule has 0 saturated carbocycles. The third-order valence-corrected chi connectivity index (χ3v) is 3.08. The van der Waals surface area contributed by atoms with Crippen molar-refractivity contribution in [3.63, 3.8) is 0 Å². The van der Waals surface area contributed by atoms with Crippen molar-refractivity contribution in [3.8, 4) is 0 Å². The number of rotatable bonds is 5. The van der Waals surface area contributed by atoms with Crippen LogP contribution in [-0.2, 0) is 12.6 Å². The van der Waals surface area contributed by atoms with Gasteiger partial charge in [0.15, 0.2) is 5.69 Å². The van der Waals surface area contributed by atoms with Gasteiger partial charge in [0.2, 0.25) is 0 Å². The lowest BCUT2D eigenvalue weighted by atomic mass is 9.95. The first-order chi connectivity index (χ1) is 10.0. The second kappa shape index (κ2) is 6.87. The van der Waals surface area contributed by atoms with Crippen LogP contribution < -0.4 is 0 Å². The van der Waals surface area contributed by atoms with E-state index in [0.717, 1.165) is 0 Å². The zero-order chi connectivity index (χ0) is 17.2. The van der Waals surface area contributed by atoms with E-state index < -0.39 is 51.2 Å². The van der Waals surface area contributed by atoms with Crippen molar-refractivity contribution in [2.75, 3.05) is 0 Å². The smallest absolute Gasteiger partial charge is 0.276 e. The second-order valence-corrected chi connectivity index (χ2v) is 4.86. The van der Waals surface area contributed by atoms with E-state index in [9.17, 15) is 31.5 Å². The van der Waals surface area contributed by atoms with Gasteiger partial charge < -0.3 is 0 Å². The van der Waals surface area contributed by atoms with Crippen molar-refractivity contribution in [3.05, 3.63) is 28.1 Å². The van der Waals surface area contributed by atoms with E-state index in [1.54, 1.807) is 0 Å². The molecule has 1 aromatic heterocycles. The highest BCUT2D eigenvalue weighted by atomic mass is 35.5. The molecule has 0 aliphatic rings. The molecule has 122 valence electrons. The van der Waals surface area contributed by atoms with E-state index in [2.05, 4.69) is 4.98 Å². The number of alkyl halides is 5. The van der Waals surface area contributed by atoms with E-state index >= 15 is 0 Å². The van der Waals surface area contributed by atoms with Gasteiger partial charge >= 0.3 is 6.18 Å². The molecule has 0 amide bonds. The number of aromatic nitrogens is 1. The summed E-state index contributed by atoms with van der Waals surface area (Å²) in [6, 6.07) is 0. The summed E-state index contributed by atoms with van der Waals surface area (Å²) >= 11 is 10.3. The number of nitrogens with zero attached hydrogens (tertiary/aromatic N) is 1. The Balaban J connectivity index is 3.98. The largest absolute Gasteiger partial charge is 0.434 e. The van der Waals surface area contributed by atoms with Gasteiger partial charge in [0.1, 0.15) is 5.69 Å². The molecule has 0 unspecified atom stereocenters. The maximum Gasteiger partial charge on any atom is 0.434 e. The lowest BCUT2D eigenvalue weighted by Gasteiger charge is -2.18. The highest BCUT2D eigenvalue weighted by Gasteiger charge is 2.41. The molecular formula is C12H8Cl2F5NO2. The Labute approximate surface area is 131 Å². The summed E-state index contributed by atoms with van der Waals surface area (Å²) < 4.78 is 64.8. The van der Waals surface area contributed by atoms with Crippen LogP contribution in [0.3, 0.4) is 0 Å². The van der Waals surface area contributed by atoms with E-state index in [0.29, 0.717) is 0 Å². The van der Waals surface area contributed by atoms with Gasteiger partial charge in [-0.1, -0.05) is 13.3 Å². The standard InChI is InChI=1S/C12H8Cl2F5NO2/c1-2-3-4-5(9(13)21)7(11(15)16)20-8(12(17,18)19)6(4)10(14)22/h11H,2-3H2,1H3. The molecule has 3 nitrogen and oxygen atoms in total. The van der Waals surface area contributed by atoms with Crippen LogP contribution >= 0.6 is 23.2 Å². The SMILES string of the molecule is CCCc1c(C(=O)Cl)c(C(F)F)nc(C(F)(F)F)c1C(=O)Cl. The van der Waals surface area contributed by atoms with Gasteiger partial charge in [0, 0.05) is 0 Å². The van der Waals surface area contributed by atoms with Gasteiger partial charge in [0.05, 0.1) is 11.1 Å². The van der Waals surface area contributed by atoms with Gasteiger partial charge in [-0.25, -0.2) is 13.8 Å². The first kappa shape index (κ1) is 18.8. The topological polar surface area (TPSA) is 47.0 Å². The zero-order valence-corrected chi connectivity index (χ0v) is 12.4. The molecule has 0 saturated heterocycles. The summed E-state index contributed by atoms with van der Waals surface area (Å²) in [6.45, 7) is 1.51. The summed E-state index contributed by atoms with van der Waals surface area (Å²) in [5, 5.41) is -2.98. The molecule has 0 radical (unpaired) electrons. The molecule has 0 fully saturated rings. The van der Waals surface area contributed by atoms with Gasteiger partial charge in [-0.15, -0.1) is 0 Å². The molecular weight excluding hydrogens is 356 g/mol. The Morgan fingerprint density at radius 3 is 1.95 bits per heavy atom. The minimum atomic E-state index is -5.19. The Kier molecular flexibility index (Phi) is 5.86. The van der Waals surface area contributed by atoms with Crippen LogP contribution in [0.4, 0.5) is 22.0 Å². The van der Waals surface area contributed by atoms with Gasteiger partial charge in [-0.2, -0.15) is 13.2 Å². The summed E-state index contributed by atoms with van der Waals surface area (Å²) in [5.74, 6) is 0. The number of hydrogen-bond acceptors (Lipinski definition) is 3. The van der Waals surface area contributed by atoms with Gasteiger partial charge in [-0.05, 0) is 35.2 Å². The quantitative estimate of drug-likeness (QED) is 0.560. The molecule has 0 atom stereocenters. The average Bonchev–Trinajstić information content (AvgIpc) is 2.35. The van der Waals surface area contributed by atoms with E-state index in [1.807, 2.05) is 0 Å². The number of halogens is 7. The number of carbonyl (C=O) groups is 2. The van der Waals surface area contributed by atoms with Crippen molar-refractivity contribution in [1.82, 2.24) is 4.98 Å². The lowest BCUT2D eigenvalue weighted by Crippen LogP contribution is -2.21. The Morgan fingerprint density at radius 1 is 1.14 bits per heavy atom. The van der Waals surface area contributed by atoms with Crippen LogP contribution in [0.1, 0.15) is 57.4 Å². The molecule has 10 heteroatoms. The molecule has 0 spiro atoms. The summed E-state index contributed by atoms with van der Waals surface area (Å²) in [6.07, 6.45) is -8.78. The van der Waals surface area contributed by atoms with E-state index in [1.165, 1.54) is 6.92 Å². The zero-order valence-electron chi connectivity index (χ0n) is 10.9. The second-order valence-electron chi connectivity index (χ2n) is 4.17. The predicted octanol–water partition coefficient (Wildman–Crippen LogP) is 4.75. The van der Waals surface area contributed by atoms with Crippen molar-refractivity contribution < 1.29 is 31.5 Å². The fourth-order valence-electron chi connectivity index (χ4n) is 1.95. The monoisotopic (exact) mass is 363 g/mol. The third-order valence-electron chi connectivity index (χ3n) is 2.70. The Hall–Kier alpha value is -1.28. The minimum absolute atomic E-state index is 0.165. The summed E-state index contributed by atoms with van der Waals surface area (Å²) in [7, 11) is 0. The average molecular weight is 364 g/mol. The molecule has 0 N–H and O–H groups in total. The number of pyridine rings is 1. The molecule has 1 heterocycles. The summed E-state index contributed by atoms with van der Waals surface area (Å²) in [5.41, 5.74) is -5.87. The normalized spacial score (nSPS) is 11.9. The third kappa shape index (κ3) is 3.73. The number of carbonyl (C=O) groups excluding carboxylic acids is 2. The van der Waals surface area contributed by atoms with E-state index in [4.69, 9.17) is 23.2 Å². The first-order valence-electron chi connectivity index (χ1n) is 5.84. The molecule has 1 aromatic rings. The molecule has 0 aliphatic heterocycles. The van der Waals surface area contributed by atoms with Crippen molar-refractivity contribution in [2.24, 2.45) is 0 Å². The maximum atomic E-state index is 13.0. The molecule has 0 bridgehead atoms. The van der Waals surface area contributed by atoms with Crippen molar-refractivity contribution in [1.29, 1.82) is 0 Å². The van der Waals surface area contributed by atoms with Crippen LogP contribution in [0.15, 0.2) is 0 Å².